The van der Waals surface area contributed by atoms with Crippen LogP contribution in [-0.4, -0.2) is 85.7 Å². The monoisotopic (exact) mass is 1110 g/mol. The molecule has 2 aliphatic rings. The minimum absolute atomic E-state index is 0.0622. The summed E-state index contributed by atoms with van der Waals surface area (Å²) >= 11 is 1.54. The number of hydrogen-bond acceptors (Lipinski definition) is 13. The highest BCUT2D eigenvalue weighted by molar-refractivity contribution is 7.99. The van der Waals surface area contributed by atoms with Gasteiger partial charge >= 0.3 is 11.9 Å². The van der Waals surface area contributed by atoms with Gasteiger partial charge in [0.05, 0.1) is 50.8 Å². The third-order valence-electron chi connectivity index (χ3n) is 13.9. The van der Waals surface area contributed by atoms with Crippen molar-refractivity contribution in [2.24, 2.45) is 0 Å². The highest BCUT2D eigenvalue weighted by atomic mass is 32.2. The lowest BCUT2D eigenvalue weighted by Crippen LogP contribution is -2.66. The second-order valence-electron chi connectivity index (χ2n) is 19.9. The Morgan fingerprint density at radius 2 is 0.790 bits per heavy atom. The van der Waals surface area contributed by atoms with Gasteiger partial charge in [0.2, 0.25) is 0 Å². The normalized spacial score (nSPS) is 22.6. The van der Waals surface area contributed by atoms with Gasteiger partial charge in [-0.25, -0.2) is 9.59 Å². The third-order valence-corrected chi connectivity index (χ3v) is 15.1. The van der Waals surface area contributed by atoms with Gasteiger partial charge in [-0.1, -0.05) is 218 Å². The number of benzene rings is 8. The van der Waals surface area contributed by atoms with Crippen LogP contribution in [0.1, 0.15) is 54.1 Å². The van der Waals surface area contributed by atoms with Crippen molar-refractivity contribution in [3.63, 3.8) is 0 Å². The zero-order valence-corrected chi connectivity index (χ0v) is 45.9. The zero-order chi connectivity index (χ0) is 55.4. The van der Waals surface area contributed by atoms with E-state index in [-0.39, 0.29) is 46.2 Å². The van der Waals surface area contributed by atoms with Gasteiger partial charge in [0.25, 0.3) is 0 Å². The van der Waals surface area contributed by atoms with Crippen LogP contribution in [0.2, 0.25) is 0 Å². The first kappa shape index (κ1) is 57.0. The molecule has 81 heavy (non-hydrogen) atoms. The van der Waals surface area contributed by atoms with Crippen LogP contribution >= 0.6 is 11.8 Å². The number of hydrogen-bond donors (Lipinski definition) is 0. The average molecular weight is 1110 g/mol. The van der Waals surface area contributed by atoms with Gasteiger partial charge in [0.1, 0.15) is 54.8 Å². The molecule has 2 saturated heterocycles. The fraction of sp³-hybridized carbons (Fsp3) is 0.265. The second kappa shape index (κ2) is 29.4. The van der Waals surface area contributed by atoms with Crippen molar-refractivity contribution >= 4 is 23.7 Å². The van der Waals surface area contributed by atoms with Crippen molar-refractivity contribution in [2.45, 2.75) is 105 Å². The first-order valence-corrected chi connectivity index (χ1v) is 28.2. The van der Waals surface area contributed by atoms with Crippen LogP contribution in [0.3, 0.4) is 0 Å². The highest BCUT2D eigenvalue weighted by Gasteiger charge is 2.55. The van der Waals surface area contributed by atoms with E-state index in [0.29, 0.717) is 11.1 Å². The summed E-state index contributed by atoms with van der Waals surface area (Å²) < 4.78 is 69.6. The Hall–Kier alpha value is -7.27. The standard InChI is InChI=1S/C68H66O12S/c1-48-37-39-56(40-38-48)81-68-64(75-45-53-31-17-6-18-32-53)62(73-43-51-27-13-4-14-28-51)60(57(78-68)46-71-41-49-23-9-2-10-24-49)80-67-63(74-44-52-29-15-5-16-30-52)61(72-42-50-25-11-3-12-26-50)59(79-66(70)55-35-21-8-22-36-55)58(77-67)47-76-65(69)54-33-19-7-20-34-54/h2-40,57-64,67-68H,41-47H2,1H3/t57-,58-,59+,60+,61+,62+,63-,64-,67-,68+/m1/s1. The molecular weight excluding hydrogens is 1040 g/mol. The Labute approximate surface area is 478 Å². The summed E-state index contributed by atoms with van der Waals surface area (Å²) in [6.45, 7) is 2.63. The molecule has 13 heteroatoms. The van der Waals surface area contributed by atoms with E-state index in [1.165, 1.54) is 11.8 Å². The lowest BCUT2D eigenvalue weighted by molar-refractivity contribution is -0.354. The molecule has 8 aromatic rings. The van der Waals surface area contributed by atoms with Crippen molar-refractivity contribution in [3.05, 3.63) is 281 Å². The fourth-order valence-electron chi connectivity index (χ4n) is 9.69. The molecule has 0 aromatic heterocycles. The smallest absolute Gasteiger partial charge is 0.338 e. The SMILES string of the molecule is Cc1ccc(S[C@@H]2O[C@H](COCc3ccccc3)[C@H](O[C@H]3O[C@H](COC(=O)c4ccccc4)[C@H](OC(=O)c4ccccc4)[C@H](OCc4ccccc4)[C@H]3OCc3ccccc3)[C@H](OCc3ccccc3)[C@H]2OCc2ccccc2)cc1. The summed E-state index contributed by atoms with van der Waals surface area (Å²) in [5, 5.41) is 0. The minimum Gasteiger partial charge on any atom is -0.459 e. The van der Waals surface area contributed by atoms with Crippen LogP contribution in [0.5, 0.6) is 0 Å². The van der Waals surface area contributed by atoms with Gasteiger partial charge in [0, 0.05) is 4.90 Å². The van der Waals surface area contributed by atoms with Gasteiger partial charge < -0.3 is 47.4 Å². The molecule has 2 fully saturated rings. The van der Waals surface area contributed by atoms with E-state index in [1.807, 2.05) is 164 Å². The molecule has 0 spiro atoms. The number of ether oxygens (including phenoxy) is 10. The fourth-order valence-corrected chi connectivity index (χ4v) is 10.8. The number of aryl methyl sites for hydroxylation is 1. The van der Waals surface area contributed by atoms with E-state index in [1.54, 1.807) is 48.5 Å². The highest BCUT2D eigenvalue weighted by Crippen LogP contribution is 2.41. The van der Waals surface area contributed by atoms with Crippen molar-refractivity contribution < 1.29 is 57.0 Å². The van der Waals surface area contributed by atoms with E-state index < -0.39 is 72.5 Å². The van der Waals surface area contributed by atoms with Gasteiger partial charge in [-0.15, -0.1) is 0 Å². The minimum atomic E-state index is -1.33. The molecular formula is C68H66O12S. The summed E-state index contributed by atoms with van der Waals surface area (Å²) in [6.07, 6.45) is -9.40. The number of carbonyl (C=O) groups is 2. The van der Waals surface area contributed by atoms with Gasteiger partial charge in [-0.2, -0.15) is 0 Å². The Morgan fingerprint density at radius 3 is 1.27 bits per heavy atom. The summed E-state index contributed by atoms with van der Waals surface area (Å²) in [7, 11) is 0. The van der Waals surface area contributed by atoms with Crippen molar-refractivity contribution in [3.8, 4) is 0 Å². The molecule has 12 nitrogen and oxygen atoms in total. The number of rotatable bonds is 25. The third kappa shape index (κ3) is 16.2. The molecule has 0 aliphatic carbocycles. The number of esters is 2. The predicted molar refractivity (Wildman–Crippen MR) is 308 cm³/mol. The largest absolute Gasteiger partial charge is 0.459 e. The van der Waals surface area contributed by atoms with E-state index in [2.05, 4.69) is 31.2 Å². The second-order valence-corrected chi connectivity index (χ2v) is 21.0. The maximum atomic E-state index is 14.4. The van der Waals surface area contributed by atoms with Crippen LogP contribution < -0.4 is 0 Å². The molecule has 0 N–H and O–H groups in total. The summed E-state index contributed by atoms with van der Waals surface area (Å²) in [4.78, 5) is 29.2. The Morgan fingerprint density at radius 1 is 0.395 bits per heavy atom. The number of thioether (sulfide) groups is 1. The molecule has 10 rings (SSSR count). The van der Waals surface area contributed by atoms with Crippen LogP contribution in [0, 0.1) is 6.92 Å². The van der Waals surface area contributed by atoms with Crippen molar-refractivity contribution in [1.29, 1.82) is 0 Å². The Balaban J connectivity index is 1.08. The van der Waals surface area contributed by atoms with Crippen LogP contribution in [0.25, 0.3) is 0 Å². The number of carbonyl (C=O) groups excluding carboxylic acids is 2. The van der Waals surface area contributed by atoms with Gasteiger partial charge in [0.15, 0.2) is 12.4 Å². The Bertz CT molecular complexity index is 3110. The summed E-state index contributed by atoms with van der Waals surface area (Å²) in [5.41, 5.74) is 5.68. The topological polar surface area (TPSA) is 126 Å². The maximum Gasteiger partial charge on any atom is 0.338 e. The van der Waals surface area contributed by atoms with E-state index in [4.69, 9.17) is 47.4 Å². The van der Waals surface area contributed by atoms with Crippen LogP contribution in [0.15, 0.2) is 241 Å². The Kier molecular flexibility index (Phi) is 20.7. The van der Waals surface area contributed by atoms with Crippen LogP contribution in [0.4, 0.5) is 0 Å². The van der Waals surface area contributed by atoms with E-state index in [0.717, 1.165) is 38.3 Å². The molecule has 2 heterocycles. The molecule has 0 saturated carbocycles. The molecule has 10 atom stereocenters. The first-order chi connectivity index (χ1) is 39.9. The lowest BCUT2D eigenvalue weighted by atomic mass is 9.96. The quantitative estimate of drug-likeness (QED) is 0.0505. The van der Waals surface area contributed by atoms with E-state index >= 15 is 0 Å². The first-order valence-electron chi connectivity index (χ1n) is 27.3. The zero-order valence-electron chi connectivity index (χ0n) is 45.0. The molecule has 0 unspecified atom stereocenters. The van der Waals surface area contributed by atoms with Gasteiger partial charge in [-0.3, -0.25) is 0 Å². The summed E-state index contributed by atoms with van der Waals surface area (Å²) in [6, 6.07) is 74.9. The van der Waals surface area contributed by atoms with Gasteiger partial charge in [-0.05, 0) is 71.1 Å². The maximum absolute atomic E-state index is 14.4. The summed E-state index contributed by atoms with van der Waals surface area (Å²) in [5.74, 6) is -1.24. The van der Waals surface area contributed by atoms with Crippen molar-refractivity contribution in [2.75, 3.05) is 13.2 Å². The van der Waals surface area contributed by atoms with Crippen LogP contribution in [-0.2, 0) is 80.4 Å². The van der Waals surface area contributed by atoms with E-state index in [9.17, 15) is 9.59 Å². The molecule has 0 bridgehead atoms. The van der Waals surface area contributed by atoms with Crippen molar-refractivity contribution in [1.82, 2.24) is 0 Å². The molecule has 8 aromatic carbocycles. The molecule has 0 radical (unpaired) electrons. The molecule has 2 aliphatic heterocycles. The molecule has 0 amide bonds. The molecule has 416 valence electrons. The predicted octanol–water partition coefficient (Wildman–Crippen LogP) is 12.6. The average Bonchev–Trinajstić information content (AvgIpc) is 3.57. The lowest BCUT2D eigenvalue weighted by Gasteiger charge is -2.50.